The second-order valence-electron chi connectivity index (χ2n) is 3.97. The summed E-state index contributed by atoms with van der Waals surface area (Å²) in [6.07, 6.45) is 4.37. The topological polar surface area (TPSA) is 70.1 Å². The molecule has 2 rings (SSSR count). The summed E-state index contributed by atoms with van der Waals surface area (Å²) in [5, 5.41) is 15.9. The number of nitrogens with one attached hydrogen (secondary N) is 2. The Bertz CT molecular complexity index is 338. The van der Waals surface area contributed by atoms with Crippen LogP contribution >= 0.6 is 0 Å². The Morgan fingerprint density at radius 3 is 2.73 bits per heavy atom. The largest absolute Gasteiger partial charge is 0.388 e. The van der Waals surface area contributed by atoms with Crippen LogP contribution < -0.4 is 10.6 Å². The molecule has 1 aromatic rings. The minimum atomic E-state index is -0.523. The highest BCUT2D eigenvalue weighted by molar-refractivity contribution is 5.46. The van der Waals surface area contributed by atoms with Crippen molar-refractivity contribution in [1.82, 2.24) is 9.97 Å². The van der Waals surface area contributed by atoms with Gasteiger partial charge >= 0.3 is 0 Å². The zero-order valence-electron chi connectivity index (χ0n) is 8.82. The van der Waals surface area contributed by atoms with Gasteiger partial charge in [0.2, 0.25) is 0 Å². The Hall–Kier alpha value is -1.36. The molecule has 1 aliphatic carbocycles. The maximum Gasteiger partial charge on any atom is 0.131 e. The van der Waals surface area contributed by atoms with Gasteiger partial charge < -0.3 is 15.7 Å². The molecule has 5 heteroatoms. The third-order valence-electron chi connectivity index (χ3n) is 2.81. The predicted octanol–water partition coefficient (Wildman–Crippen LogP) is 0.845. The van der Waals surface area contributed by atoms with Gasteiger partial charge in [-0.15, -0.1) is 0 Å². The molecular weight excluding hydrogens is 192 g/mol. The van der Waals surface area contributed by atoms with Gasteiger partial charge in [0.1, 0.15) is 18.0 Å². The number of nitrogens with zero attached hydrogens (tertiary/aromatic N) is 2. The highest BCUT2D eigenvalue weighted by atomic mass is 16.3. The molecule has 1 saturated carbocycles. The minimum absolute atomic E-state index is 0.523. The van der Waals surface area contributed by atoms with Crippen molar-refractivity contribution in [2.75, 3.05) is 24.2 Å². The van der Waals surface area contributed by atoms with Gasteiger partial charge in [-0.25, -0.2) is 9.97 Å². The summed E-state index contributed by atoms with van der Waals surface area (Å²) < 4.78 is 0. The number of aliphatic hydroxyl groups is 1. The quantitative estimate of drug-likeness (QED) is 0.684. The molecule has 1 aliphatic rings. The first-order chi connectivity index (χ1) is 7.22. The van der Waals surface area contributed by atoms with E-state index in [1.54, 1.807) is 0 Å². The number of aromatic nitrogens is 2. The van der Waals surface area contributed by atoms with Crippen LogP contribution in [0.5, 0.6) is 0 Å². The standard InChI is InChI=1S/C10H16N4O/c1-11-8-5-9(14-7-13-8)12-6-10(15)3-2-4-10/h5,7,15H,2-4,6H2,1H3,(H2,11,12,13,14). The summed E-state index contributed by atoms with van der Waals surface area (Å²) in [5.41, 5.74) is -0.523. The molecule has 0 aliphatic heterocycles. The average Bonchev–Trinajstić information content (AvgIpc) is 2.24. The maximum atomic E-state index is 9.88. The Morgan fingerprint density at radius 2 is 2.13 bits per heavy atom. The van der Waals surface area contributed by atoms with Crippen molar-refractivity contribution >= 4 is 11.6 Å². The van der Waals surface area contributed by atoms with E-state index < -0.39 is 5.60 Å². The van der Waals surface area contributed by atoms with Gasteiger partial charge in [0.25, 0.3) is 0 Å². The van der Waals surface area contributed by atoms with E-state index in [0.29, 0.717) is 6.54 Å². The molecule has 0 amide bonds. The van der Waals surface area contributed by atoms with Crippen molar-refractivity contribution in [3.05, 3.63) is 12.4 Å². The zero-order chi connectivity index (χ0) is 10.7. The molecule has 0 radical (unpaired) electrons. The molecule has 0 aromatic carbocycles. The fourth-order valence-corrected chi connectivity index (χ4v) is 1.61. The summed E-state index contributed by atoms with van der Waals surface area (Å²) >= 11 is 0. The third-order valence-corrected chi connectivity index (χ3v) is 2.81. The van der Waals surface area contributed by atoms with Gasteiger partial charge in [-0.3, -0.25) is 0 Å². The second-order valence-corrected chi connectivity index (χ2v) is 3.97. The van der Waals surface area contributed by atoms with E-state index in [0.717, 1.165) is 30.9 Å². The summed E-state index contributed by atoms with van der Waals surface area (Å²) in [4.78, 5) is 8.09. The highest BCUT2D eigenvalue weighted by Crippen LogP contribution is 2.31. The Balaban J connectivity index is 1.92. The molecule has 5 nitrogen and oxygen atoms in total. The molecule has 0 spiro atoms. The maximum absolute atomic E-state index is 9.88. The predicted molar refractivity (Wildman–Crippen MR) is 58.9 cm³/mol. The van der Waals surface area contributed by atoms with E-state index in [4.69, 9.17) is 0 Å². The zero-order valence-corrected chi connectivity index (χ0v) is 8.82. The van der Waals surface area contributed by atoms with Crippen molar-refractivity contribution < 1.29 is 5.11 Å². The average molecular weight is 208 g/mol. The Morgan fingerprint density at radius 1 is 1.40 bits per heavy atom. The van der Waals surface area contributed by atoms with E-state index in [2.05, 4.69) is 20.6 Å². The van der Waals surface area contributed by atoms with Gasteiger partial charge in [-0.05, 0) is 19.3 Å². The smallest absolute Gasteiger partial charge is 0.131 e. The lowest BCUT2D eigenvalue weighted by molar-refractivity contribution is -0.0202. The monoisotopic (exact) mass is 208 g/mol. The van der Waals surface area contributed by atoms with Gasteiger partial charge in [0.05, 0.1) is 5.60 Å². The van der Waals surface area contributed by atoms with Crippen molar-refractivity contribution in [2.45, 2.75) is 24.9 Å². The lowest BCUT2D eigenvalue weighted by Gasteiger charge is -2.36. The first-order valence-corrected chi connectivity index (χ1v) is 5.18. The van der Waals surface area contributed by atoms with Crippen LogP contribution in [0.1, 0.15) is 19.3 Å². The lowest BCUT2D eigenvalue weighted by atomic mass is 9.80. The molecule has 3 N–H and O–H groups in total. The van der Waals surface area contributed by atoms with Crippen molar-refractivity contribution in [3.63, 3.8) is 0 Å². The fraction of sp³-hybridized carbons (Fsp3) is 0.600. The van der Waals surface area contributed by atoms with Gasteiger partial charge in [-0.2, -0.15) is 0 Å². The van der Waals surface area contributed by atoms with Crippen molar-refractivity contribution in [3.8, 4) is 0 Å². The summed E-state index contributed by atoms with van der Waals surface area (Å²) in [7, 11) is 1.81. The molecule has 15 heavy (non-hydrogen) atoms. The SMILES string of the molecule is CNc1cc(NCC2(O)CCC2)ncn1. The van der Waals surface area contributed by atoms with Crippen LogP contribution in [0.15, 0.2) is 12.4 Å². The van der Waals surface area contributed by atoms with E-state index in [9.17, 15) is 5.11 Å². The highest BCUT2D eigenvalue weighted by Gasteiger charge is 2.33. The lowest BCUT2D eigenvalue weighted by Crippen LogP contribution is -2.43. The molecule has 0 atom stereocenters. The van der Waals surface area contributed by atoms with E-state index >= 15 is 0 Å². The number of rotatable bonds is 4. The van der Waals surface area contributed by atoms with Crippen molar-refractivity contribution in [2.24, 2.45) is 0 Å². The van der Waals surface area contributed by atoms with Crippen LogP contribution in [-0.2, 0) is 0 Å². The minimum Gasteiger partial charge on any atom is -0.388 e. The van der Waals surface area contributed by atoms with E-state index in [1.807, 2.05) is 13.1 Å². The number of anilines is 2. The summed E-state index contributed by atoms with van der Waals surface area (Å²) in [6, 6.07) is 1.82. The molecule has 1 heterocycles. The van der Waals surface area contributed by atoms with E-state index in [-0.39, 0.29) is 0 Å². The number of hydrogen-bond donors (Lipinski definition) is 3. The Kier molecular flexibility index (Phi) is 2.73. The van der Waals surface area contributed by atoms with Crippen molar-refractivity contribution in [1.29, 1.82) is 0 Å². The molecule has 0 bridgehead atoms. The first kappa shape index (κ1) is 10.2. The first-order valence-electron chi connectivity index (χ1n) is 5.18. The Labute approximate surface area is 88.9 Å². The van der Waals surface area contributed by atoms with Crippen LogP contribution in [0.2, 0.25) is 0 Å². The van der Waals surface area contributed by atoms with Crippen LogP contribution in [-0.4, -0.2) is 34.3 Å². The van der Waals surface area contributed by atoms with Crippen LogP contribution in [0.4, 0.5) is 11.6 Å². The fourth-order valence-electron chi connectivity index (χ4n) is 1.61. The molecule has 1 fully saturated rings. The molecule has 1 aromatic heterocycles. The van der Waals surface area contributed by atoms with Gasteiger partial charge in [0.15, 0.2) is 0 Å². The molecule has 82 valence electrons. The van der Waals surface area contributed by atoms with Crippen LogP contribution in [0.3, 0.4) is 0 Å². The van der Waals surface area contributed by atoms with Crippen LogP contribution in [0, 0.1) is 0 Å². The molecular formula is C10H16N4O. The second kappa shape index (κ2) is 4.02. The van der Waals surface area contributed by atoms with Gasteiger partial charge in [-0.1, -0.05) is 0 Å². The van der Waals surface area contributed by atoms with E-state index in [1.165, 1.54) is 6.33 Å². The van der Waals surface area contributed by atoms with Crippen LogP contribution in [0.25, 0.3) is 0 Å². The normalized spacial score (nSPS) is 18.0. The molecule has 0 unspecified atom stereocenters. The molecule has 0 saturated heterocycles. The summed E-state index contributed by atoms with van der Waals surface area (Å²) in [6.45, 7) is 0.563. The van der Waals surface area contributed by atoms with Gasteiger partial charge in [0, 0.05) is 19.7 Å². The number of hydrogen-bond acceptors (Lipinski definition) is 5. The summed E-state index contributed by atoms with van der Waals surface area (Å²) in [5.74, 6) is 1.52. The third kappa shape index (κ3) is 2.36.